The van der Waals surface area contributed by atoms with E-state index in [0.29, 0.717) is 11.4 Å². The summed E-state index contributed by atoms with van der Waals surface area (Å²) in [5.41, 5.74) is 2.50. The van der Waals surface area contributed by atoms with E-state index in [9.17, 15) is 5.26 Å². The molecule has 4 nitrogen and oxygen atoms in total. The minimum atomic E-state index is 0.222. The highest BCUT2D eigenvalue weighted by molar-refractivity contribution is 6.02. The smallest absolute Gasteiger partial charge is 0.221 e. The number of hydrogen-bond acceptors (Lipinski definition) is 4. The van der Waals surface area contributed by atoms with Crippen LogP contribution in [0.4, 0.5) is 0 Å². The molecule has 25 heavy (non-hydrogen) atoms. The first-order chi connectivity index (χ1) is 12.4. The highest BCUT2D eigenvalue weighted by Gasteiger charge is 2.19. The highest BCUT2D eigenvalue weighted by Crippen LogP contribution is 2.35. The first-order valence-corrected chi connectivity index (χ1v) is 8.75. The quantitative estimate of drug-likeness (QED) is 0.687. The molecule has 1 aromatic carbocycles. The first kappa shape index (κ1) is 15.6. The number of benzene rings is 1. The molecule has 2 heterocycles. The molecule has 0 radical (unpaired) electrons. The number of hydrogen-bond donors (Lipinski definition) is 0. The van der Waals surface area contributed by atoms with Gasteiger partial charge in [-0.15, -0.1) is 0 Å². The van der Waals surface area contributed by atoms with Gasteiger partial charge in [-0.1, -0.05) is 18.6 Å². The fraction of sp³-hybridized carbons (Fsp3) is 0.286. The fourth-order valence-electron chi connectivity index (χ4n) is 3.55. The van der Waals surface area contributed by atoms with E-state index in [0.717, 1.165) is 34.7 Å². The number of aromatic nitrogens is 2. The molecule has 4 heteroatoms. The van der Waals surface area contributed by atoms with E-state index >= 15 is 0 Å². The van der Waals surface area contributed by atoms with Gasteiger partial charge in [0.05, 0.1) is 11.6 Å². The van der Waals surface area contributed by atoms with Crippen LogP contribution in [0.25, 0.3) is 21.9 Å². The molecule has 0 saturated heterocycles. The van der Waals surface area contributed by atoms with Gasteiger partial charge in [-0.3, -0.25) is 4.98 Å². The van der Waals surface area contributed by atoms with Gasteiger partial charge >= 0.3 is 0 Å². The molecule has 0 bridgehead atoms. The molecule has 0 unspecified atom stereocenters. The Kier molecular flexibility index (Phi) is 4.30. The minimum Gasteiger partial charge on any atom is -0.474 e. The third-order valence-electron chi connectivity index (χ3n) is 4.80. The van der Waals surface area contributed by atoms with Crippen molar-refractivity contribution in [3.8, 4) is 23.1 Å². The molecular weight excluding hydrogens is 310 g/mol. The maximum Gasteiger partial charge on any atom is 0.221 e. The maximum atomic E-state index is 9.59. The van der Waals surface area contributed by atoms with Gasteiger partial charge in [0.1, 0.15) is 6.10 Å². The molecule has 1 saturated carbocycles. The summed E-state index contributed by atoms with van der Waals surface area (Å²) in [5.74, 6) is 0.631. The summed E-state index contributed by atoms with van der Waals surface area (Å²) < 4.78 is 6.22. The lowest BCUT2D eigenvalue weighted by Crippen LogP contribution is -2.20. The summed E-state index contributed by atoms with van der Waals surface area (Å²) in [6.07, 6.45) is 11.4. The molecule has 0 spiro atoms. The predicted molar refractivity (Wildman–Crippen MR) is 97.2 cm³/mol. The van der Waals surface area contributed by atoms with E-state index in [1.807, 2.05) is 30.3 Å². The molecule has 3 aromatic rings. The summed E-state index contributed by atoms with van der Waals surface area (Å²) in [6.45, 7) is 0. The lowest BCUT2D eigenvalue weighted by Gasteiger charge is -2.23. The second kappa shape index (κ2) is 6.90. The highest BCUT2D eigenvalue weighted by atomic mass is 16.5. The van der Waals surface area contributed by atoms with Crippen molar-refractivity contribution in [2.75, 3.05) is 0 Å². The van der Waals surface area contributed by atoms with Crippen LogP contribution >= 0.6 is 0 Å². The standard InChI is InChI=1S/C21H19N3O/c22-12-15-6-4-10-18-20(15)19(16-7-5-11-23-13-16)14-24-21(18)25-17-8-2-1-3-9-17/h4-7,10-11,13-14,17H,1-3,8-9H2. The van der Waals surface area contributed by atoms with Crippen molar-refractivity contribution in [1.29, 1.82) is 5.26 Å². The van der Waals surface area contributed by atoms with Gasteiger partial charge in [-0.2, -0.15) is 5.26 Å². The average Bonchev–Trinajstić information content (AvgIpc) is 2.69. The normalized spacial score (nSPS) is 15.0. The zero-order valence-corrected chi connectivity index (χ0v) is 14.0. The van der Waals surface area contributed by atoms with Crippen LogP contribution in [-0.2, 0) is 0 Å². The Morgan fingerprint density at radius 3 is 2.68 bits per heavy atom. The summed E-state index contributed by atoms with van der Waals surface area (Å²) >= 11 is 0. The number of nitriles is 1. The van der Waals surface area contributed by atoms with E-state index in [4.69, 9.17) is 4.74 Å². The van der Waals surface area contributed by atoms with Crippen LogP contribution in [0.15, 0.2) is 48.9 Å². The summed E-state index contributed by atoms with van der Waals surface area (Å²) in [4.78, 5) is 8.79. The van der Waals surface area contributed by atoms with Crippen molar-refractivity contribution in [2.45, 2.75) is 38.2 Å². The molecule has 0 amide bonds. The third kappa shape index (κ3) is 3.06. The summed E-state index contributed by atoms with van der Waals surface area (Å²) in [5, 5.41) is 11.4. The van der Waals surface area contributed by atoms with E-state index in [-0.39, 0.29) is 6.10 Å². The number of nitrogens with zero attached hydrogens (tertiary/aromatic N) is 3. The van der Waals surface area contributed by atoms with Crippen LogP contribution in [-0.4, -0.2) is 16.1 Å². The average molecular weight is 329 g/mol. The lowest BCUT2D eigenvalue weighted by molar-refractivity contribution is 0.151. The topological polar surface area (TPSA) is 58.8 Å². The van der Waals surface area contributed by atoms with Crippen molar-refractivity contribution in [3.63, 3.8) is 0 Å². The Balaban J connectivity index is 1.86. The van der Waals surface area contributed by atoms with Crippen molar-refractivity contribution in [2.24, 2.45) is 0 Å². The zero-order valence-electron chi connectivity index (χ0n) is 14.0. The minimum absolute atomic E-state index is 0.222. The van der Waals surface area contributed by atoms with Gasteiger partial charge in [0.25, 0.3) is 0 Å². The van der Waals surface area contributed by atoms with Gasteiger partial charge in [0, 0.05) is 40.5 Å². The number of fused-ring (bicyclic) bond motifs is 1. The molecule has 2 aromatic heterocycles. The van der Waals surface area contributed by atoms with Crippen LogP contribution < -0.4 is 4.74 Å². The largest absolute Gasteiger partial charge is 0.474 e. The summed E-state index contributed by atoms with van der Waals surface area (Å²) in [6, 6.07) is 11.9. The molecular formula is C21H19N3O. The van der Waals surface area contributed by atoms with Crippen LogP contribution in [0, 0.1) is 11.3 Å². The van der Waals surface area contributed by atoms with Crippen LogP contribution in [0.3, 0.4) is 0 Å². The third-order valence-corrected chi connectivity index (χ3v) is 4.80. The monoisotopic (exact) mass is 329 g/mol. The molecule has 0 atom stereocenters. The first-order valence-electron chi connectivity index (χ1n) is 8.75. The number of ether oxygens (including phenoxy) is 1. The Bertz CT molecular complexity index is 925. The van der Waals surface area contributed by atoms with Crippen molar-refractivity contribution in [3.05, 3.63) is 54.5 Å². The van der Waals surface area contributed by atoms with Gasteiger partial charge in [0.15, 0.2) is 0 Å². The second-order valence-electron chi connectivity index (χ2n) is 6.44. The predicted octanol–water partition coefficient (Wildman–Crippen LogP) is 4.88. The molecule has 124 valence electrons. The molecule has 0 aliphatic heterocycles. The molecule has 1 fully saturated rings. The van der Waals surface area contributed by atoms with E-state index in [2.05, 4.69) is 16.0 Å². The second-order valence-corrected chi connectivity index (χ2v) is 6.44. The SMILES string of the molecule is N#Cc1cccc2c(OC3CCCCC3)ncc(-c3cccnc3)c12. The number of pyridine rings is 2. The molecule has 1 aliphatic rings. The van der Waals surface area contributed by atoms with E-state index in [1.165, 1.54) is 19.3 Å². The van der Waals surface area contributed by atoms with Crippen molar-refractivity contribution in [1.82, 2.24) is 9.97 Å². The van der Waals surface area contributed by atoms with E-state index in [1.54, 1.807) is 18.6 Å². The maximum absolute atomic E-state index is 9.59. The van der Waals surface area contributed by atoms with Crippen LogP contribution in [0.1, 0.15) is 37.7 Å². The van der Waals surface area contributed by atoms with Gasteiger partial charge in [-0.25, -0.2) is 4.98 Å². The van der Waals surface area contributed by atoms with E-state index < -0.39 is 0 Å². The molecule has 1 aliphatic carbocycles. The van der Waals surface area contributed by atoms with Crippen molar-refractivity contribution >= 4 is 10.8 Å². The zero-order chi connectivity index (χ0) is 17.1. The lowest BCUT2D eigenvalue weighted by atomic mass is 9.97. The fourth-order valence-corrected chi connectivity index (χ4v) is 3.55. The molecule has 4 rings (SSSR count). The van der Waals surface area contributed by atoms with Gasteiger partial charge < -0.3 is 4.74 Å². The Morgan fingerprint density at radius 2 is 1.92 bits per heavy atom. The molecule has 0 N–H and O–H groups in total. The Hall–Kier alpha value is -2.93. The van der Waals surface area contributed by atoms with Crippen LogP contribution in [0.5, 0.6) is 5.88 Å². The van der Waals surface area contributed by atoms with Crippen LogP contribution in [0.2, 0.25) is 0 Å². The summed E-state index contributed by atoms with van der Waals surface area (Å²) in [7, 11) is 0. The van der Waals surface area contributed by atoms with Crippen molar-refractivity contribution < 1.29 is 4.74 Å². The Morgan fingerprint density at radius 1 is 1.04 bits per heavy atom. The Labute approximate surface area is 147 Å². The number of rotatable bonds is 3. The van der Waals surface area contributed by atoms with Gasteiger partial charge in [0.2, 0.25) is 5.88 Å². The van der Waals surface area contributed by atoms with Gasteiger partial charge in [-0.05, 0) is 43.9 Å².